The topological polar surface area (TPSA) is 53.4 Å². The molecule has 2 aromatic rings. The average molecular weight is 305 g/mol. The summed E-state index contributed by atoms with van der Waals surface area (Å²) in [5.41, 5.74) is 1.93. The van der Waals surface area contributed by atoms with Crippen LogP contribution in [-0.4, -0.2) is 23.1 Å². The fourth-order valence-electron chi connectivity index (χ4n) is 2.25. The summed E-state index contributed by atoms with van der Waals surface area (Å²) < 4.78 is 0. The molecule has 0 radical (unpaired) electrons. The van der Waals surface area contributed by atoms with Crippen LogP contribution >= 0.6 is 11.6 Å². The van der Waals surface area contributed by atoms with Gasteiger partial charge in [-0.1, -0.05) is 23.7 Å². The molecule has 5 heteroatoms. The molecule has 0 saturated heterocycles. The Kier molecular flexibility index (Phi) is 4.48. The van der Waals surface area contributed by atoms with Gasteiger partial charge in [-0.2, -0.15) is 0 Å². The molecular weight excluding hydrogens is 288 g/mol. The molecule has 1 aromatic heterocycles. The second-order valence-corrected chi connectivity index (χ2v) is 5.41. The van der Waals surface area contributed by atoms with E-state index in [4.69, 9.17) is 11.6 Å². The summed E-state index contributed by atoms with van der Waals surface area (Å²) in [4.78, 5) is 17.6. The molecule has 0 aliphatic rings. The standard InChI is InChI=1S/C16H17ClN2O2/c1-10-7-8-18-15(14(10)16(20)21)19(3)11(2)12-5-4-6-13(17)9-12/h4-9,11H,1-3H3,(H,20,21). The quantitative estimate of drug-likeness (QED) is 0.929. The SMILES string of the molecule is Cc1ccnc(N(C)C(C)c2cccc(Cl)c2)c1C(=O)O. The number of pyridine rings is 1. The minimum atomic E-state index is -0.972. The fraction of sp³-hybridized carbons (Fsp3) is 0.250. The first-order chi connectivity index (χ1) is 9.91. The van der Waals surface area contributed by atoms with Crippen molar-refractivity contribution in [2.75, 3.05) is 11.9 Å². The minimum Gasteiger partial charge on any atom is -0.478 e. The summed E-state index contributed by atoms with van der Waals surface area (Å²) in [5, 5.41) is 10.1. The highest BCUT2D eigenvalue weighted by molar-refractivity contribution is 6.30. The van der Waals surface area contributed by atoms with Crippen molar-refractivity contribution in [2.24, 2.45) is 0 Å². The van der Waals surface area contributed by atoms with Gasteiger partial charge in [0.1, 0.15) is 11.4 Å². The summed E-state index contributed by atoms with van der Waals surface area (Å²) in [6.07, 6.45) is 1.62. The third-order valence-electron chi connectivity index (χ3n) is 3.60. The van der Waals surface area contributed by atoms with Crippen LogP contribution in [0.15, 0.2) is 36.5 Å². The van der Waals surface area contributed by atoms with Crippen molar-refractivity contribution in [2.45, 2.75) is 19.9 Å². The molecule has 110 valence electrons. The van der Waals surface area contributed by atoms with Crippen molar-refractivity contribution in [3.8, 4) is 0 Å². The van der Waals surface area contributed by atoms with Crippen molar-refractivity contribution in [3.63, 3.8) is 0 Å². The van der Waals surface area contributed by atoms with E-state index in [1.54, 1.807) is 19.2 Å². The molecule has 1 aromatic carbocycles. The Bertz CT molecular complexity index is 673. The molecule has 0 spiro atoms. The van der Waals surface area contributed by atoms with E-state index in [0.29, 0.717) is 16.4 Å². The van der Waals surface area contributed by atoms with Crippen LogP contribution in [0.2, 0.25) is 5.02 Å². The van der Waals surface area contributed by atoms with Gasteiger partial charge in [0.15, 0.2) is 0 Å². The smallest absolute Gasteiger partial charge is 0.339 e. The van der Waals surface area contributed by atoms with Crippen molar-refractivity contribution >= 4 is 23.4 Å². The summed E-state index contributed by atoms with van der Waals surface area (Å²) in [6, 6.07) is 9.18. The van der Waals surface area contributed by atoms with Crippen LogP contribution in [0.3, 0.4) is 0 Å². The van der Waals surface area contributed by atoms with Crippen LogP contribution in [0.1, 0.15) is 34.5 Å². The number of halogens is 1. The molecule has 2 rings (SSSR count). The van der Waals surface area contributed by atoms with E-state index < -0.39 is 5.97 Å². The number of nitrogens with zero attached hydrogens (tertiary/aromatic N) is 2. The number of aromatic nitrogens is 1. The Morgan fingerprint density at radius 2 is 2.10 bits per heavy atom. The first kappa shape index (κ1) is 15.3. The maximum Gasteiger partial charge on any atom is 0.339 e. The molecule has 1 N–H and O–H groups in total. The first-order valence-corrected chi connectivity index (χ1v) is 6.96. The van der Waals surface area contributed by atoms with E-state index in [2.05, 4.69) is 4.98 Å². The lowest BCUT2D eigenvalue weighted by atomic mass is 10.1. The Morgan fingerprint density at radius 1 is 1.38 bits per heavy atom. The molecule has 21 heavy (non-hydrogen) atoms. The predicted molar refractivity (Wildman–Crippen MR) is 84.2 cm³/mol. The monoisotopic (exact) mass is 304 g/mol. The lowest BCUT2D eigenvalue weighted by Crippen LogP contribution is -2.25. The van der Waals surface area contributed by atoms with E-state index >= 15 is 0 Å². The number of aromatic carboxylic acids is 1. The van der Waals surface area contributed by atoms with Gasteiger partial charge >= 0.3 is 5.97 Å². The van der Waals surface area contributed by atoms with Crippen LogP contribution in [0.25, 0.3) is 0 Å². The maximum absolute atomic E-state index is 11.5. The number of hydrogen-bond donors (Lipinski definition) is 1. The van der Waals surface area contributed by atoms with E-state index in [0.717, 1.165) is 5.56 Å². The lowest BCUT2D eigenvalue weighted by molar-refractivity contribution is 0.0696. The molecule has 0 aliphatic carbocycles. The molecule has 0 fully saturated rings. The van der Waals surface area contributed by atoms with Gasteiger partial charge in [-0.15, -0.1) is 0 Å². The van der Waals surface area contributed by atoms with Crippen molar-refractivity contribution in [1.29, 1.82) is 0 Å². The number of aryl methyl sites for hydroxylation is 1. The Balaban J connectivity index is 2.43. The highest BCUT2D eigenvalue weighted by Crippen LogP contribution is 2.29. The van der Waals surface area contributed by atoms with E-state index in [1.165, 1.54) is 0 Å². The molecule has 0 amide bonds. The fourth-order valence-corrected chi connectivity index (χ4v) is 2.45. The molecule has 0 saturated carbocycles. The number of hydrogen-bond acceptors (Lipinski definition) is 3. The minimum absolute atomic E-state index is 0.0453. The molecule has 4 nitrogen and oxygen atoms in total. The lowest BCUT2D eigenvalue weighted by Gasteiger charge is -2.28. The van der Waals surface area contributed by atoms with Gasteiger partial charge in [0.05, 0.1) is 6.04 Å². The van der Waals surface area contributed by atoms with Crippen molar-refractivity contribution in [1.82, 2.24) is 4.98 Å². The number of benzene rings is 1. The van der Waals surface area contributed by atoms with Gasteiger partial charge in [0, 0.05) is 18.3 Å². The Hall–Kier alpha value is -2.07. The molecule has 0 aliphatic heterocycles. The highest BCUT2D eigenvalue weighted by atomic mass is 35.5. The number of anilines is 1. The summed E-state index contributed by atoms with van der Waals surface area (Å²) in [6.45, 7) is 3.76. The molecule has 1 atom stereocenters. The number of rotatable bonds is 4. The zero-order chi connectivity index (χ0) is 15.6. The average Bonchev–Trinajstić information content (AvgIpc) is 2.45. The van der Waals surface area contributed by atoms with E-state index in [9.17, 15) is 9.90 Å². The van der Waals surface area contributed by atoms with E-state index in [-0.39, 0.29) is 11.6 Å². The predicted octanol–water partition coefficient (Wildman–Crippen LogP) is 3.94. The van der Waals surface area contributed by atoms with Crippen LogP contribution < -0.4 is 4.90 Å². The number of carboxylic acid groups (broad SMARTS) is 1. The van der Waals surface area contributed by atoms with Crippen LogP contribution in [0, 0.1) is 6.92 Å². The van der Waals surface area contributed by atoms with Crippen molar-refractivity contribution in [3.05, 3.63) is 58.2 Å². The van der Waals surface area contributed by atoms with Gasteiger partial charge in [0.25, 0.3) is 0 Å². The van der Waals surface area contributed by atoms with Gasteiger partial charge in [-0.3, -0.25) is 0 Å². The molecule has 0 bridgehead atoms. The molecular formula is C16H17ClN2O2. The largest absolute Gasteiger partial charge is 0.478 e. The Labute approximate surface area is 129 Å². The van der Waals surface area contributed by atoms with Crippen LogP contribution in [0.4, 0.5) is 5.82 Å². The van der Waals surface area contributed by atoms with E-state index in [1.807, 2.05) is 43.1 Å². The molecule has 1 heterocycles. The summed E-state index contributed by atoms with van der Waals surface area (Å²) >= 11 is 6.02. The summed E-state index contributed by atoms with van der Waals surface area (Å²) in [5.74, 6) is -0.518. The van der Waals surface area contributed by atoms with Gasteiger partial charge in [0.2, 0.25) is 0 Å². The number of carboxylic acids is 1. The van der Waals surface area contributed by atoms with Crippen LogP contribution in [-0.2, 0) is 0 Å². The summed E-state index contributed by atoms with van der Waals surface area (Å²) in [7, 11) is 1.83. The van der Waals surface area contributed by atoms with Gasteiger partial charge in [-0.25, -0.2) is 9.78 Å². The van der Waals surface area contributed by atoms with Crippen LogP contribution in [0.5, 0.6) is 0 Å². The third kappa shape index (κ3) is 3.16. The number of carbonyl (C=O) groups is 1. The van der Waals surface area contributed by atoms with Gasteiger partial charge in [-0.05, 0) is 43.2 Å². The third-order valence-corrected chi connectivity index (χ3v) is 3.83. The second-order valence-electron chi connectivity index (χ2n) is 4.97. The van der Waals surface area contributed by atoms with Gasteiger partial charge < -0.3 is 10.0 Å². The Morgan fingerprint density at radius 3 is 2.71 bits per heavy atom. The first-order valence-electron chi connectivity index (χ1n) is 6.59. The molecule has 1 unspecified atom stereocenters. The normalized spacial score (nSPS) is 12.0. The zero-order valence-corrected chi connectivity index (χ0v) is 12.9. The highest BCUT2D eigenvalue weighted by Gasteiger charge is 2.21. The zero-order valence-electron chi connectivity index (χ0n) is 12.2. The maximum atomic E-state index is 11.5. The van der Waals surface area contributed by atoms with Crippen molar-refractivity contribution < 1.29 is 9.90 Å². The second kappa shape index (κ2) is 6.14.